The summed E-state index contributed by atoms with van der Waals surface area (Å²) in [7, 11) is 0. The Labute approximate surface area is 230 Å². The van der Waals surface area contributed by atoms with Gasteiger partial charge in [0.05, 0.1) is 11.0 Å². The standard InChI is InChI=1S/C28H23F4N3O6/c1-2-26(36)41-25-14-40-24-13-16(7-8-19(24)25)34(27(37)28(30,31)32)22-11-9-17-18(22)4-3-5-20(17)33-21-12-15(29)6-10-23(21)35(38)39/h3-8,10,12-13,22,25,33H,2,9,11,14H2,1H3/t22?,25-/m1/s1. The number of nitrogens with one attached hydrogen (secondary N) is 1. The number of anilines is 3. The Balaban J connectivity index is 1.52. The Kier molecular flexibility index (Phi) is 7.28. The fourth-order valence-corrected chi connectivity index (χ4v) is 5.16. The van der Waals surface area contributed by atoms with E-state index in [1.165, 1.54) is 18.2 Å². The molecule has 3 aromatic rings. The monoisotopic (exact) mass is 573 g/mol. The predicted molar refractivity (Wildman–Crippen MR) is 138 cm³/mol. The highest BCUT2D eigenvalue weighted by atomic mass is 19.4. The van der Waals surface area contributed by atoms with Gasteiger partial charge in [-0.1, -0.05) is 19.1 Å². The molecule has 0 bridgehead atoms. The van der Waals surface area contributed by atoms with Gasteiger partial charge in [0.2, 0.25) is 0 Å². The lowest BCUT2D eigenvalue weighted by Gasteiger charge is -2.31. The van der Waals surface area contributed by atoms with Crippen molar-refractivity contribution >= 4 is 34.6 Å². The number of hydrogen-bond donors (Lipinski definition) is 1. The molecule has 0 aromatic heterocycles. The zero-order valence-electron chi connectivity index (χ0n) is 21.5. The third-order valence-electron chi connectivity index (χ3n) is 7.01. The number of fused-ring (bicyclic) bond motifs is 2. The molecule has 0 saturated carbocycles. The maximum absolute atomic E-state index is 13.9. The van der Waals surface area contributed by atoms with Crippen molar-refractivity contribution in [3.05, 3.63) is 87.2 Å². The molecule has 5 rings (SSSR count). The fourth-order valence-electron chi connectivity index (χ4n) is 5.16. The molecule has 0 fully saturated rings. The van der Waals surface area contributed by atoms with Crippen LogP contribution < -0.4 is 15.0 Å². The van der Waals surface area contributed by atoms with E-state index in [0.29, 0.717) is 27.3 Å². The van der Waals surface area contributed by atoms with Crippen molar-refractivity contribution in [2.24, 2.45) is 0 Å². The lowest BCUT2D eigenvalue weighted by molar-refractivity contribution is -0.384. The topological polar surface area (TPSA) is 111 Å². The molecule has 13 heteroatoms. The maximum Gasteiger partial charge on any atom is 0.471 e. The Hall–Kier alpha value is -4.68. The molecule has 2 aliphatic rings. The zero-order valence-corrected chi connectivity index (χ0v) is 21.5. The summed E-state index contributed by atoms with van der Waals surface area (Å²) in [6.07, 6.45) is -5.41. The second kappa shape index (κ2) is 10.7. The lowest BCUT2D eigenvalue weighted by Crippen LogP contribution is -2.43. The molecule has 3 aromatic carbocycles. The maximum atomic E-state index is 13.9. The van der Waals surface area contributed by atoms with Crippen LogP contribution in [0.3, 0.4) is 0 Å². The molecule has 1 unspecified atom stereocenters. The number of carbonyl (C=O) groups excluding carboxylic acids is 2. The summed E-state index contributed by atoms with van der Waals surface area (Å²) in [6.45, 7) is 1.62. The first-order chi connectivity index (χ1) is 19.5. The van der Waals surface area contributed by atoms with Crippen LogP contribution in [-0.2, 0) is 20.7 Å². The number of nitro groups is 1. The molecule has 1 aliphatic heterocycles. The number of hydrogen-bond acceptors (Lipinski definition) is 7. The van der Waals surface area contributed by atoms with Crippen LogP contribution in [0.15, 0.2) is 54.6 Å². The van der Waals surface area contributed by atoms with Crippen LogP contribution in [0.25, 0.3) is 0 Å². The van der Waals surface area contributed by atoms with Crippen molar-refractivity contribution in [2.45, 2.75) is 44.5 Å². The van der Waals surface area contributed by atoms with Crippen LogP contribution in [0.4, 0.5) is 40.3 Å². The van der Waals surface area contributed by atoms with E-state index in [1.807, 2.05) is 0 Å². The van der Waals surface area contributed by atoms with Crippen LogP contribution in [-0.4, -0.2) is 29.6 Å². The quantitative estimate of drug-likeness (QED) is 0.150. The molecule has 0 radical (unpaired) electrons. The number of nitrogens with zero attached hydrogens (tertiary/aromatic N) is 2. The first kappa shape index (κ1) is 27.9. The minimum atomic E-state index is -5.19. The van der Waals surface area contributed by atoms with Gasteiger partial charge in [0.25, 0.3) is 5.69 Å². The molecular weight excluding hydrogens is 550 g/mol. The van der Waals surface area contributed by atoms with Crippen molar-refractivity contribution in [1.82, 2.24) is 0 Å². The second-order valence-corrected chi connectivity index (χ2v) is 9.51. The van der Waals surface area contributed by atoms with Gasteiger partial charge in [0.15, 0.2) is 6.10 Å². The van der Waals surface area contributed by atoms with Crippen LogP contribution >= 0.6 is 0 Å². The number of amides is 1. The number of halogens is 4. The van der Waals surface area contributed by atoms with Gasteiger partial charge in [-0.2, -0.15) is 13.2 Å². The summed E-state index contributed by atoms with van der Waals surface area (Å²) < 4.78 is 66.4. The average Bonchev–Trinajstić information content (AvgIpc) is 3.53. The number of rotatable bonds is 7. The van der Waals surface area contributed by atoms with E-state index < -0.39 is 40.9 Å². The number of alkyl halides is 3. The molecule has 9 nitrogen and oxygen atoms in total. The van der Waals surface area contributed by atoms with Gasteiger partial charge in [-0.25, -0.2) is 4.39 Å². The highest BCUT2D eigenvalue weighted by molar-refractivity contribution is 5.98. The van der Waals surface area contributed by atoms with E-state index in [1.54, 1.807) is 25.1 Å². The molecule has 41 heavy (non-hydrogen) atoms. The first-order valence-electron chi connectivity index (χ1n) is 12.7. The van der Waals surface area contributed by atoms with Gasteiger partial charge >= 0.3 is 18.1 Å². The van der Waals surface area contributed by atoms with Crippen LogP contribution in [0, 0.1) is 15.9 Å². The van der Waals surface area contributed by atoms with Gasteiger partial charge < -0.3 is 14.8 Å². The van der Waals surface area contributed by atoms with E-state index in [0.717, 1.165) is 18.2 Å². The fraction of sp³-hybridized carbons (Fsp3) is 0.286. The van der Waals surface area contributed by atoms with Crippen molar-refractivity contribution < 1.29 is 41.5 Å². The highest BCUT2D eigenvalue weighted by Gasteiger charge is 2.47. The van der Waals surface area contributed by atoms with E-state index in [4.69, 9.17) is 9.47 Å². The minimum Gasteiger partial charge on any atom is -0.489 e. The molecular formula is C28H23F4N3O6. The van der Waals surface area contributed by atoms with Gasteiger partial charge in [-0.05, 0) is 48.2 Å². The van der Waals surface area contributed by atoms with Crippen molar-refractivity contribution in [3.63, 3.8) is 0 Å². The van der Waals surface area contributed by atoms with Gasteiger partial charge in [-0.3, -0.25) is 24.6 Å². The summed E-state index contributed by atoms with van der Waals surface area (Å²) in [5, 5.41) is 14.3. The van der Waals surface area contributed by atoms with Gasteiger partial charge in [0.1, 0.15) is 23.9 Å². The SMILES string of the molecule is CCC(=O)O[C@@H]1COc2cc(N(C(=O)C(F)(F)F)C3CCc4c(Nc5cc(F)ccc5[N+](=O)[O-])cccc43)ccc21. The lowest BCUT2D eigenvalue weighted by atomic mass is 10.0. The van der Waals surface area contributed by atoms with Crippen molar-refractivity contribution in [1.29, 1.82) is 0 Å². The molecule has 1 N–H and O–H groups in total. The molecule has 0 saturated heterocycles. The second-order valence-electron chi connectivity index (χ2n) is 9.51. The highest BCUT2D eigenvalue weighted by Crippen LogP contribution is 2.46. The van der Waals surface area contributed by atoms with Crippen LogP contribution in [0.5, 0.6) is 5.75 Å². The van der Waals surface area contributed by atoms with Gasteiger partial charge in [-0.15, -0.1) is 0 Å². The first-order valence-corrected chi connectivity index (χ1v) is 12.7. The molecule has 1 heterocycles. The summed E-state index contributed by atoms with van der Waals surface area (Å²) in [5.74, 6) is -3.05. The van der Waals surface area contributed by atoms with Crippen LogP contribution in [0.2, 0.25) is 0 Å². The van der Waals surface area contributed by atoms with Crippen molar-refractivity contribution in [2.75, 3.05) is 16.8 Å². The summed E-state index contributed by atoms with van der Waals surface area (Å²) in [5.41, 5.74) is 1.20. The number of carbonyl (C=O) groups is 2. The number of ether oxygens (including phenoxy) is 2. The average molecular weight is 573 g/mol. The van der Waals surface area contributed by atoms with E-state index in [9.17, 15) is 37.3 Å². The van der Waals surface area contributed by atoms with E-state index in [2.05, 4.69) is 5.32 Å². The third kappa shape index (κ3) is 5.39. The Morgan fingerprint density at radius 3 is 2.61 bits per heavy atom. The van der Waals surface area contributed by atoms with Crippen LogP contribution in [0.1, 0.15) is 48.6 Å². The van der Waals surface area contributed by atoms with E-state index >= 15 is 0 Å². The molecule has 214 valence electrons. The Morgan fingerprint density at radius 1 is 1.12 bits per heavy atom. The van der Waals surface area contributed by atoms with Crippen molar-refractivity contribution in [3.8, 4) is 5.75 Å². The smallest absolute Gasteiger partial charge is 0.471 e. The number of esters is 1. The Bertz CT molecular complexity index is 1540. The summed E-state index contributed by atoms with van der Waals surface area (Å²) in [4.78, 5) is 36.0. The number of benzene rings is 3. The molecule has 0 spiro atoms. The summed E-state index contributed by atoms with van der Waals surface area (Å²) in [6, 6.07) is 10.7. The summed E-state index contributed by atoms with van der Waals surface area (Å²) >= 11 is 0. The third-order valence-corrected chi connectivity index (χ3v) is 7.01. The molecule has 1 amide bonds. The minimum absolute atomic E-state index is 0.00868. The van der Waals surface area contributed by atoms with E-state index in [-0.39, 0.29) is 48.7 Å². The zero-order chi connectivity index (χ0) is 29.5. The molecule has 2 atom stereocenters. The number of nitro benzene ring substituents is 1. The predicted octanol–water partition coefficient (Wildman–Crippen LogP) is 6.45. The largest absolute Gasteiger partial charge is 0.489 e. The molecule has 1 aliphatic carbocycles. The Morgan fingerprint density at radius 2 is 1.90 bits per heavy atom. The van der Waals surface area contributed by atoms with Gasteiger partial charge in [0, 0.05) is 41.6 Å². The normalized spacial score (nSPS) is 17.3.